The highest BCUT2D eigenvalue weighted by Crippen LogP contribution is 2.38. The lowest BCUT2D eigenvalue weighted by atomic mass is 9.96. The molecule has 0 radical (unpaired) electrons. The van der Waals surface area contributed by atoms with Gasteiger partial charge in [-0.1, -0.05) is 0 Å². The third-order valence-electron chi connectivity index (χ3n) is 6.30. The molecule has 0 unspecified atom stereocenters. The SMILES string of the molecule is N#Cc1cc2c(nc1N1CCC(Cn3cnc(C4CC4)cc3=O)CC1)CCOC2. The van der Waals surface area contributed by atoms with Crippen molar-refractivity contribution in [2.45, 2.75) is 51.2 Å². The summed E-state index contributed by atoms with van der Waals surface area (Å²) in [5.74, 6) is 1.75. The molecular formula is C22H25N5O2. The number of piperidine rings is 1. The van der Waals surface area contributed by atoms with Crippen molar-refractivity contribution in [3.63, 3.8) is 0 Å². The van der Waals surface area contributed by atoms with Crippen LogP contribution in [-0.4, -0.2) is 34.2 Å². The molecule has 7 heteroatoms. The average molecular weight is 391 g/mol. The number of nitriles is 1. The summed E-state index contributed by atoms with van der Waals surface area (Å²) in [7, 11) is 0. The normalized spacial score (nSPS) is 19.6. The smallest absolute Gasteiger partial charge is 0.253 e. The molecule has 2 fully saturated rings. The van der Waals surface area contributed by atoms with E-state index in [0.717, 1.165) is 68.0 Å². The number of aromatic nitrogens is 3. The van der Waals surface area contributed by atoms with Crippen molar-refractivity contribution in [2.75, 3.05) is 24.6 Å². The molecule has 2 aromatic heterocycles. The van der Waals surface area contributed by atoms with Gasteiger partial charge in [0, 0.05) is 43.6 Å². The van der Waals surface area contributed by atoms with Crippen LogP contribution in [0.1, 0.15) is 54.1 Å². The van der Waals surface area contributed by atoms with E-state index >= 15 is 0 Å². The minimum Gasteiger partial charge on any atom is -0.376 e. The van der Waals surface area contributed by atoms with E-state index in [4.69, 9.17) is 9.72 Å². The zero-order chi connectivity index (χ0) is 19.8. The molecule has 5 rings (SSSR count). The van der Waals surface area contributed by atoms with Gasteiger partial charge in [-0.15, -0.1) is 0 Å². The number of fused-ring (bicyclic) bond motifs is 1. The second-order valence-corrected chi connectivity index (χ2v) is 8.39. The molecule has 29 heavy (non-hydrogen) atoms. The number of nitrogens with zero attached hydrogens (tertiary/aromatic N) is 5. The largest absolute Gasteiger partial charge is 0.376 e. The number of hydrogen-bond acceptors (Lipinski definition) is 6. The summed E-state index contributed by atoms with van der Waals surface area (Å²) in [5, 5.41) is 9.59. The summed E-state index contributed by atoms with van der Waals surface area (Å²) in [5.41, 5.74) is 3.74. The lowest BCUT2D eigenvalue weighted by Gasteiger charge is -2.34. The molecule has 0 aromatic carbocycles. The molecule has 2 aliphatic heterocycles. The molecule has 0 spiro atoms. The predicted octanol–water partition coefficient (Wildman–Crippen LogP) is 2.38. The minimum absolute atomic E-state index is 0.0645. The van der Waals surface area contributed by atoms with Crippen molar-refractivity contribution in [3.05, 3.63) is 51.3 Å². The third-order valence-corrected chi connectivity index (χ3v) is 6.30. The van der Waals surface area contributed by atoms with Crippen molar-refractivity contribution >= 4 is 5.82 Å². The average Bonchev–Trinajstić information content (AvgIpc) is 3.60. The van der Waals surface area contributed by atoms with Gasteiger partial charge in [-0.05, 0) is 37.7 Å². The maximum Gasteiger partial charge on any atom is 0.253 e. The van der Waals surface area contributed by atoms with Crippen molar-refractivity contribution in [3.8, 4) is 6.07 Å². The molecule has 1 aliphatic carbocycles. The minimum atomic E-state index is 0.0645. The summed E-state index contributed by atoms with van der Waals surface area (Å²) in [6, 6.07) is 5.96. The van der Waals surface area contributed by atoms with Crippen molar-refractivity contribution in [1.82, 2.24) is 14.5 Å². The number of anilines is 1. The quantitative estimate of drug-likeness (QED) is 0.796. The Morgan fingerprint density at radius 2 is 2.03 bits per heavy atom. The van der Waals surface area contributed by atoms with Gasteiger partial charge < -0.3 is 9.64 Å². The number of pyridine rings is 1. The Kier molecular flexibility index (Phi) is 4.80. The lowest BCUT2D eigenvalue weighted by Crippen LogP contribution is -2.37. The van der Waals surface area contributed by atoms with Crippen LogP contribution in [0.3, 0.4) is 0 Å². The molecule has 1 saturated heterocycles. The molecule has 4 heterocycles. The van der Waals surface area contributed by atoms with E-state index in [-0.39, 0.29) is 5.56 Å². The monoisotopic (exact) mass is 391 g/mol. The van der Waals surface area contributed by atoms with E-state index in [1.807, 2.05) is 6.07 Å². The molecule has 150 valence electrons. The molecule has 3 aliphatic rings. The fourth-order valence-corrected chi connectivity index (χ4v) is 4.38. The molecule has 1 saturated carbocycles. The summed E-state index contributed by atoms with van der Waals surface area (Å²) in [6.07, 6.45) is 6.79. The van der Waals surface area contributed by atoms with Crippen molar-refractivity contribution < 1.29 is 4.74 Å². The first kappa shape index (κ1) is 18.3. The van der Waals surface area contributed by atoms with Crippen LogP contribution in [-0.2, 0) is 24.3 Å². The number of ether oxygens (including phenoxy) is 1. The van der Waals surface area contributed by atoms with E-state index in [9.17, 15) is 10.1 Å². The predicted molar refractivity (Wildman–Crippen MR) is 108 cm³/mol. The Morgan fingerprint density at radius 1 is 1.21 bits per heavy atom. The van der Waals surface area contributed by atoms with Gasteiger partial charge in [-0.2, -0.15) is 5.26 Å². The van der Waals surface area contributed by atoms with Crippen LogP contribution in [0.2, 0.25) is 0 Å². The van der Waals surface area contributed by atoms with Gasteiger partial charge in [0.25, 0.3) is 5.56 Å². The maximum absolute atomic E-state index is 12.4. The van der Waals surface area contributed by atoms with Crippen LogP contribution in [0.25, 0.3) is 0 Å². The highest BCUT2D eigenvalue weighted by atomic mass is 16.5. The zero-order valence-corrected chi connectivity index (χ0v) is 16.5. The Hall–Kier alpha value is -2.72. The van der Waals surface area contributed by atoms with Gasteiger partial charge in [0.15, 0.2) is 0 Å². The van der Waals surface area contributed by atoms with Crippen LogP contribution in [0.4, 0.5) is 5.82 Å². The van der Waals surface area contributed by atoms with Gasteiger partial charge in [-0.25, -0.2) is 9.97 Å². The van der Waals surface area contributed by atoms with Gasteiger partial charge in [0.1, 0.15) is 11.9 Å². The topological polar surface area (TPSA) is 84.0 Å². The van der Waals surface area contributed by atoms with Crippen LogP contribution in [0, 0.1) is 17.2 Å². The Balaban J connectivity index is 1.26. The first-order valence-corrected chi connectivity index (χ1v) is 10.5. The van der Waals surface area contributed by atoms with Crippen molar-refractivity contribution in [2.24, 2.45) is 5.92 Å². The summed E-state index contributed by atoms with van der Waals surface area (Å²) in [6.45, 7) is 3.65. The highest BCUT2D eigenvalue weighted by molar-refractivity contribution is 5.56. The molecule has 7 nitrogen and oxygen atoms in total. The second kappa shape index (κ2) is 7.60. The fourth-order valence-electron chi connectivity index (χ4n) is 4.38. The van der Waals surface area contributed by atoms with Crippen LogP contribution in [0.15, 0.2) is 23.3 Å². The molecule has 0 amide bonds. The van der Waals surface area contributed by atoms with Crippen LogP contribution in [0.5, 0.6) is 0 Å². The summed E-state index contributed by atoms with van der Waals surface area (Å²) >= 11 is 0. The van der Waals surface area contributed by atoms with Gasteiger partial charge in [-0.3, -0.25) is 9.36 Å². The van der Waals surface area contributed by atoms with E-state index in [1.165, 1.54) is 0 Å². The van der Waals surface area contributed by atoms with Gasteiger partial charge in [0.05, 0.1) is 36.5 Å². The third kappa shape index (κ3) is 3.77. The number of hydrogen-bond donors (Lipinski definition) is 0. The Morgan fingerprint density at radius 3 is 2.76 bits per heavy atom. The standard InChI is InChI=1S/C22H25N5O2/c23-11-17-9-18-13-29-8-5-19(18)25-22(17)26-6-3-15(4-7-26)12-27-14-24-20(10-21(27)28)16-1-2-16/h9-10,14-16H,1-8,12-13H2. The van der Waals surface area contributed by atoms with E-state index in [2.05, 4.69) is 16.0 Å². The summed E-state index contributed by atoms with van der Waals surface area (Å²) < 4.78 is 7.24. The zero-order valence-electron chi connectivity index (χ0n) is 16.5. The van der Waals surface area contributed by atoms with E-state index < -0.39 is 0 Å². The molecule has 0 bridgehead atoms. The van der Waals surface area contributed by atoms with Gasteiger partial charge >= 0.3 is 0 Å². The molecular weight excluding hydrogens is 366 g/mol. The lowest BCUT2D eigenvalue weighted by molar-refractivity contribution is 0.109. The molecule has 0 N–H and O–H groups in total. The van der Waals surface area contributed by atoms with Crippen molar-refractivity contribution in [1.29, 1.82) is 5.26 Å². The van der Waals surface area contributed by atoms with Crippen LogP contribution < -0.4 is 10.5 Å². The first-order valence-electron chi connectivity index (χ1n) is 10.5. The van der Waals surface area contributed by atoms with E-state index in [0.29, 0.717) is 37.2 Å². The van der Waals surface area contributed by atoms with E-state index in [1.54, 1.807) is 17.0 Å². The fraction of sp³-hybridized carbons (Fsp3) is 0.545. The molecule has 2 aromatic rings. The first-order chi connectivity index (χ1) is 14.2. The summed E-state index contributed by atoms with van der Waals surface area (Å²) in [4.78, 5) is 23.9. The second-order valence-electron chi connectivity index (χ2n) is 8.39. The highest BCUT2D eigenvalue weighted by Gasteiger charge is 2.27. The van der Waals surface area contributed by atoms with Gasteiger partial charge in [0.2, 0.25) is 0 Å². The Labute approximate surface area is 170 Å². The Bertz CT molecular complexity index is 1010. The maximum atomic E-state index is 12.4. The number of rotatable bonds is 4. The molecule has 0 atom stereocenters. The van der Waals surface area contributed by atoms with Crippen LogP contribution >= 0.6 is 0 Å².